The molecule has 2 heterocycles. The highest BCUT2D eigenvalue weighted by Crippen LogP contribution is 2.26. The lowest BCUT2D eigenvalue weighted by Gasteiger charge is -2.23. The van der Waals surface area contributed by atoms with Crippen molar-refractivity contribution in [3.05, 3.63) is 16.1 Å². The van der Waals surface area contributed by atoms with Crippen LogP contribution in [0.3, 0.4) is 0 Å². The molecular formula is C13H23Cl2N3OS. The maximum absolute atomic E-state index is 12.1. The average Bonchev–Trinajstić information content (AvgIpc) is 2.79. The van der Waals surface area contributed by atoms with Crippen LogP contribution in [0.1, 0.15) is 48.3 Å². The molecule has 4 nitrogen and oxygen atoms in total. The molecule has 1 aliphatic heterocycles. The molecule has 2 N–H and O–H groups in total. The van der Waals surface area contributed by atoms with Gasteiger partial charge in [0.15, 0.2) is 0 Å². The number of nitrogens with one attached hydrogen (secondary N) is 2. The monoisotopic (exact) mass is 339 g/mol. The lowest BCUT2D eigenvalue weighted by molar-refractivity contribution is 0.0934. The summed E-state index contributed by atoms with van der Waals surface area (Å²) in [5, 5.41) is 7.37. The topological polar surface area (TPSA) is 54.0 Å². The first kappa shape index (κ1) is 19.6. The van der Waals surface area contributed by atoms with Gasteiger partial charge in [-0.2, -0.15) is 0 Å². The van der Waals surface area contributed by atoms with Gasteiger partial charge in [-0.15, -0.1) is 36.2 Å². The molecule has 0 unspecified atom stereocenters. The van der Waals surface area contributed by atoms with E-state index < -0.39 is 0 Å². The number of aromatic nitrogens is 1. The van der Waals surface area contributed by atoms with Crippen LogP contribution in [0.4, 0.5) is 0 Å². The van der Waals surface area contributed by atoms with Gasteiger partial charge in [0.2, 0.25) is 0 Å². The summed E-state index contributed by atoms with van der Waals surface area (Å²) >= 11 is 1.49. The number of carbonyl (C=O) groups excluding carboxylic acids is 1. The normalized spacial score (nSPS) is 18.6. The van der Waals surface area contributed by atoms with Crippen molar-refractivity contribution in [3.63, 3.8) is 0 Å². The molecule has 2 rings (SSSR count). The molecular weight excluding hydrogens is 317 g/mol. The Bertz CT molecular complexity index is 425. The van der Waals surface area contributed by atoms with E-state index in [1.54, 1.807) is 6.20 Å². The second-order valence-electron chi connectivity index (χ2n) is 5.80. The molecule has 1 aliphatic rings. The van der Waals surface area contributed by atoms with Gasteiger partial charge in [0.25, 0.3) is 5.91 Å². The van der Waals surface area contributed by atoms with Gasteiger partial charge >= 0.3 is 0 Å². The molecule has 1 atom stereocenters. The predicted octanol–water partition coefficient (Wildman–Crippen LogP) is 2.77. The molecule has 0 bridgehead atoms. The van der Waals surface area contributed by atoms with E-state index in [0.717, 1.165) is 30.9 Å². The molecule has 0 spiro atoms. The molecule has 7 heteroatoms. The number of halogens is 2. The number of hydrogen-bond acceptors (Lipinski definition) is 4. The van der Waals surface area contributed by atoms with Crippen molar-refractivity contribution in [2.75, 3.05) is 13.1 Å². The van der Waals surface area contributed by atoms with Gasteiger partial charge in [-0.3, -0.25) is 4.79 Å². The second kappa shape index (κ2) is 8.17. The highest BCUT2D eigenvalue weighted by Gasteiger charge is 2.22. The quantitative estimate of drug-likeness (QED) is 0.870. The van der Waals surface area contributed by atoms with Gasteiger partial charge in [0.1, 0.15) is 4.88 Å². The van der Waals surface area contributed by atoms with Crippen LogP contribution in [0.5, 0.6) is 0 Å². The summed E-state index contributed by atoms with van der Waals surface area (Å²) in [4.78, 5) is 17.1. The number of piperidine rings is 1. The molecule has 1 aromatic heterocycles. The van der Waals surface area contributed by atoms with Crippen molar-refractivity contribution in [1.29, 1.82) is 0 Å². The van der Waals surface area contributed by atoms with Crippen molar-refractivity contribution >= 4 is 42.1 Å². The van der Waals surface area contributed by atoms with E-state index in [-0.39, 0.29) is 42.2 Å². The van der Waals surface area contributed by atoms with Crippen molar-refractivity contribution in [2.24, 2.45) is 0 Å². The number of thiazole rings is 1. The van der Waals surface area contributed by atoms with Crippen LogP contribution < -0.4 is 10.6 Å². The van der Waals surface area contributed by atoms with Gasteiger partial charge in [0, 0.05) is 18.0 Å². The predicted molar refractivity (Wildman–Crippen MR) is 88.7 cm³/mol. The van der Waals surface area contributed by atoms with Crippen molar-refractivity contribution in [1.82, 2.24) is 15.6 Å². The fourth-order valence-electron chi connectivity index (χ4n) is 1.96. The average molecular weight is 340 g/mol. The van der Waals surface area contributed by atoms with Crippen molar-refractivity contribution in [3.8, 4) is 0 Å². The summed E-state index contributed by atoms with van der Waals surface area (Å²) < 4.78 is 0. The Labute approximate surface area is 137 Å². The second-order valence-corrected chi connectivity index (χ2v) is 6.83. The maximum atomic E-state index is 12.1. The minimum absolute atomic E-state index is 0. The van der Waals surface area contributed by atoms with Crippen LogP contribution in [0.25, 0.3) is 0 Å². The third kappa shape index (κ3) is 5.20. The molecule has 1 amide bonds. The Morgan fingerprint density at radius 1 is 1.45 bits per heavy atom. The van der Waals surface area contributed by atoms with E-state index >= 15 is 0 Å². The first-order chi connectivity index (χ1) is 8.47. The zero-order valence-electron chi connectivity index (χ0n) is 12.1. The molecule has 1 aromatic rings. The Hall–Kier alpha value is -0.360. The summed E-state index contributed by atoms with van der Waals surface area (Å²) in [7, 11) is 0. The van der Waals surface area contributed by atoms with Gasteiger partial charge in [-0.25, -0.2) is 4.98 Å². The van der Waals surface area contributed by atoms with Crippen LogP contribution >= 0.6 is 36.2 Å². The zero-order chi connectivity index (χ0) is 13.2. The first-order valence-electron chi connectivity index (χ1n) is 6.45. The fraction of sp³-hybridized carbons (Fsp3) is 0.692. The van der Waals surface area contributed by atoms with Gasteiger partial charge < -0.3 is 10.6 Å². The van der Waals surface area contributed by atoms with Gasteiger partial charge in [0.05, 0.1) is 11.2 Å². The lowest BCUT2D eigenvalue weighted by atomic mass is 9.98. The Morgan fingerprint density at radius 2 is 2.15 bits per heavy atom. The van der Waals surface area contributed by atoms with Crippen LogP contribution in [-0.2, 0) is 5.41 Å². The molecule has 0 aliphatic carbocycles. The number of nitrogens with zero attached hydrogens (tertiary/aromatic N) is 1. The highest BCUT2D eigenvalue weighted by atomic mass is 35.5. The number of rotatable bonds is 2. The summed E-state index contributed by atoms with van der Waals surface area (Å²) in [6, 6.07) is 0.256. The summed E-state index contributed by atoms with van der Waals surface area (Å²) in [6.45, 7) is 8.26. The summed E-state index contributed by atoms with van der Waals surface area (Å²) in [5.74, 6) is 0.0108. The molecule has 1 fully saturated rings. The highest BCUT2D eigenvalue weighted by molar-refractivity contribution is 7.13. The van der Waals surface area contributed by atoms with Crippen LogP contribution in [-0.4, -0.2) is 30.0 Å². The Morgan fingerprint density at radius 3 is 2.65 bits per heavy atom. The third-order valence-corrected chi connectivity index (χ3v) is 4.43. The van der Waals surface area contributed by atoms with E-state index in [4.69, 9.17) is 0 Å². The maximum Gasteiger partial charge on any atom is 0.263 e. The zero-order valence-corrected chi connectivity index (χ0v) is 14.5. The third-order valence-electron chi connectivity index (χ3n) is 3.00. The SMILES string of the molecule is CC(C)(C)c1ncc(C(=O)N[C@H]2CCCNC2)s1.Cl.Cl. The van der Waals surface area contributed by atoms with E-state index in [2.05, 4.69) is 36.4 Å². The lowest BCUT2D eigenvalue weighted by Crippen LogP contribution is -2.45. The van der Waals surface area contributed by atoms with E-state index in [0.29, 0.717) is 4.88 Å². The number of hydrogen-bond donors (Lipinski definition) is 2. The van der Waals surface area contributed by atoms with E-state index in [1.165, 1.54) is 11.3 Å². The summed E-state index contributed by atoms with van der Waals surface area (Å²) in [5.41, 5.74) is 0.00951. The van der Waals surface area contributed by atoms with Gasteiger partial charge in [-0.1, -0.05) is 20.8 Å². The first-order valence-corrected chi connectivity index (χ1v) is 7.26. The molecule has 0 aromatic carbocycles. The molecule has 20 heavy (non-hydrogen) atoms. The smallest absolute Gasteiger partial charge is 0.263 e. The van der Waals surface area contributed by atoms with Crippen LogP contribution in [0.15, 0.2) is 6.20 Å². The van der Waals surface area contributed by atoms with Gasteiger partial charge in [-0.05, 0) is 19.4 Å². The fourth-order valence-corrected chi connectivity index (χ4v) is 2.83. The number of amides is 1. The molecule has 1 saturated heterocycles. The molecule has 0 radical (unpaired) electrons. The Kier molecular flexibility index (Phi) is 8.03. The molecule has 0 saturated carbocycles. The van der Waals surface area contributed by atoms with Crippen LogP contribution in [0.2, 0.25) is 0 Å². The largest absolute Gasteiger partial charge is 0.347 e. The van der Waals surface area contributed by atoms with E-state index in [9.17, 15) is 4.79 Å². The summed E-state index contributed by atoms with van der Waals surface area (Å²) in [6.07, 6.45) is 3.88. The number of carbonyl (C=O) groups is 1. The Balaban J connectivity index is 0.00000180. The van der Waals surface area contributed by atoms with Crippen LogP contribution in [0, 0.1) is 0 Å². The van der Waals surface area contributed by atoms with Crippen molar-refractivity contribution < 1.29 is 4.79 Å². The van der Waals surface area contributed by atoms with E-state index in [1.807, 2.05) is 0 Å². The molecule has 116 valence electrons. The minimum Gasteiger partial charge on any atom is -0.347 e. The van der Waals surface area contributed by atoms with Crippen molar-refractivity contribution in [2.45, 2.75) is 45.1 Å². The minimum atomic E-state index is 0. The standard InChI is InChI=1S/C13H21N3OS.2ClH/c1-13(2,3)12-15-8-10(18-12)11(17)16-9-5-4-6-14-7-9;;/h8-9,14H,4-7H2,1-3H3,(H,16,17);2*1H/t9-;;/m0../s1.